The third-order valence-corrected chi connectivity index (χ3v) is 2.78. The molecule has 0 aromatic heterocycles. The monoisotopic (exact) mass is 254 g/mol. The molecule has 5 nitrogen and oxygen atoms in total. The lowest BCUT2D eigenvalue weighted by Crippen LogP contribution is -2.34. The van der Waals surface area contributed by atoms with E-state index in [4.69, 9.17) is 15.6 Å². The topological polar surface area (TPSA) is 79.0 Å². The first-order chi connectivity index (χ1) is 8.67. The van der Waals surface area contributed by atoms with Crippen molar-refractivity contribution >= 4 is 5.69 Å². The largest absolute Gasteiger partial charge is 0.399 e. The fourth-order valence-corrected chi connectivity index (χ4v) is 1.72. The smallest absolute Gasteiger partial charge is 0.0916 e. The van der Waals surface area contributed by atoms with Gasteiger partial charge < -0.3 is 20.7 Å². The van der Waals surface area contributed by atoms with Crippen molar-refractivity contribution in [2.24, 2.45) is 0 Å². The first-order valence-electron chi connectivity index (χ1n) is 6.03. The number of nitrogen functional groups attached to an aromatic ring is 1. The summed E-state index contributed by atoms with van der Waals surface area (Å²) in [6.07, 6.45) is -0.589. The van der Waals surface area contributed by atoms with Crippen LogP contribution in [0.2, 0.25) is 0 Å². The van der Waals surface area contributed by atoms with Crippen LogP contribution in [0.5, 0.6) is 0 Å². The van der Waals surface area contributed by atoms with Crippen molar-refractivity contribution in [1.29, 1.82) is 0 Å². The Kier molecular flexibility index (Phi) is 6.67. The van der Waals surface area contributed by atoms with E-state index < -0.39 is 6.10 Å². The fraction of sp³-hybridized carbons (Fsp3) is 0.538. The molecule has 0 aliphatic rings. The highest BCUT2D eigenvalue weighted by atomic mass is 16.5. The highest BCUT2D eigenvalue weighted by Crippen LogP contribution is 2.15. The second-order valence-electron chi connectivity index (χ2n) is 4.20. The molecule has 0 saturated carbocycles. The molecular formula is C13H22N2O3. The zero-order valence-electron chi connectivity index (χ0n) is 10.7. The van der Waals surface area contributed by atoms with E-state index >= 15 is 0 Å². The highest BCUT2D eigenvalue weighted by Gasteiger charge is 2.13. The second-order valence-corrected chi connectivity index (χ2v) is 4.20. The van der Waals surface area contributed by atoms with Gasteiger partial charge in [-0.05, 0) is 17.7 Å². The second kappa shape index (κ2) is 8.05. The zero-order valence-corrected chi connectivity index (χ0v) is 10.7. The van der Waals surface area contributed by atoms with Crippen molar-refractivity contribution in [3.05, 3.63) is 29.8 Å². The van der Waals surface area contributed by atoms with Crippen molar-refractivity contribution in [3.8, 4) is 0 Å². The molecule has 18 heavy (non-hydrogen) atoms. The minimum Gasteiger partial charge on any atom is -0.399 e. The molecule has 0 bridgehead atoms. The van der Waals surface area contributed by atoms with Crippen LogP contribution in [0, 0.1) is 0 Å². The molecule has 0 heterocycles. The van der Waals surface area contributed by atoms with Crippen LogP contribution in [0.15, 0.2) is 24.3 Å². The fourth-order valence-electron chi connectivity index (χ4n) is 1.72. The van der Waals surface area contributed by atoms with Gasteiger partial charge in [0.1, 0.15) is 0 Å². The summed E-state index contributed by atoms with van der Waals surface area (Å²) < 4.78 is 5.00. The molecule has 0 fully saturated rings. The standard InChI is InChI=1S/C13H22N2O3/c1-18-9-7-15(6-8-16)10-13(17)11-2-4-12(14)5-3-11/h2-5,13,16-17H,6-10,14H2,1H3. The summed E-state index contributed by atoms with van der Waals surface area (Å²) in [7, 11) is 1.63. The van der Waals surface area contributed by atoms with Gasteiger partial charge in [-0.1, -0.05) is 12.1 Å². The third kappa shape index (κ3) is 5.01. The summed E-state index contributed by atoms with van der Waals surface area (Å²) >= 11 is 0. The van der Waals surface area contributed by atoms with Gasteiger partial charge in [0.25, 0.3) is 0 Å². The average molecular weight is 254 g/mol. The van der Waals surface area contributed by atoms with Crippen LogP contribution in [0.3, 0.4) is 0 Å². The van der Waals surface area contributed by atoms with E-state index in [0.29, 0.717) is 31.9 Å². The molecule has 5 heteroatoms. The first kappa shape index (κ1) is 14.9. The summed E-state index contributed by atoms with van der Waals surface area (Å²) in [4.78, 5) is 1.96. The van der Waals surface area contributed by atoms with Gasteiger partial charge in [-0.3, -0.25) is 4.90 Å². The SMILES string of the molecule is COCCN(CCO)CC(O)c1ccc(N)cc1. The quantitative estimate of drug-likeness (QED) is 0.579. The normalized spacial score (nSPS) is 12.9. The summed E-state index contributed by atoms with van der Waals surface area (Å²) in [6.45, 7) is 2.32. The minimum absolute atomic E-state index is 0.0676. The Bertz CT molecular complexity index is 330. The van der Waals surface area contributed by atoms with Gasteiger partial charge in [-0.2, -0.15) is 0 Å². The van der Waals surface area contributed by atoms with E-state index in [9.17, 15) is 5.11 Å². The number of nitrogens with two attached hydrogens (primary N) is 1. The van der Waals surface area contributed by atoms with Gasteiger partial charge in [-0.25, -0.2) is 0 Å². The van der Waals surface area contributed by atoms with E-state index in [1.807, 2.05) is 17.0 Å². The number of methoxy groups -OCH3 is 1. The Labute approximate surface area is 108 Å². The van der Waals surface area contributed by atoms with Crippen molar-refractivity contribution in [1.82, 2.24) is 4.90 Å². The van der Waals surface area contributed by atoms with Crippen molar-refractivity contribution < 1.29 is 14.9 Å². The number of benzene rings is 1. The molecule has 0 saturated heterocycles. The molecule has 4 N–H and O–H groups in total. The maximum atomic E-state index is 10.1. The summed E-state index contributed by atoms with van der Waals surface area (Å²) in [5, 5.41) is 19.1. The molecule has 1 rings (SSSR count). The number of aliphatic hydroxyl groups excluding tert-OH is 2. The summed E-state index contributed by atoms with van der Waals surface area (Å²) in [6, 6.07) is 7.16. The lowest BCUT2D eigenvalue weighted by Gasteiger charge is -2.24. The molecule has 0 aliphatic carbocycles. The van der Waals surface area contributed by atoms with E-state index in [1.165, 1.54) is 0 Å². The molecule has 1 aromatic carbocycles. The van der Waals surface area contributed by atoms with Crippen LogP contribution >= 0.6 is 0 Å². The Morgan fingerprint density at radius 3 is 2.50 bits per heavy atom. The van der Waals surface area contributed by atoms with Gasteiger partial charge in [-0.15, -0.1) is 0 Å². The van der Waals surface area contributed by atoms with Crippen LogP contribution in [0.25, 0.3) is 0 Å². The maximum Gasteiger partial charge on any atom is 0.0916 e. The van der Waals surface area contributed by atoms with Gasteiger partial charge in [0.15, 0.2) is 0 Å². The van der Waals surface area contributed by atoms with Crippen molar-refractivity contribution in [2.45, 2.75) is 6.10 Å². The van der Waals surface area contributed by atoms with Gasteiger partial charge >= 0.3 is 0 Å². The molecule has 102 valence electrons. The molecule has 0 spiro atoms. The van der Waals surface area contributed by atoms with E-state index in [0.717, 1.165) is 5.56 Å². The molecule has 0 radical (unpaired) electrons. The average Bonchev–Trinajstić information content (AvgIpc) is 2.37. The Balaban J connectivity index is 2.53. The van der Waals surface area contributed by atoms with Crippen molar-refractivity contribution in [2.75, 3.05) is 45.7 Å². The van der Waals surface area contributed by atoms with E-state index in [-0.39, 0.29) is 6.61 Å². The molecule has 0 aliphatic heterocycles. The number of aliphatic hydroxyl groups is 2. The van der Waals surface area contributed by atoms with Crippen LogP contribution in [0.4, 0.5) is 5.69 Å². The number of anilines is 1. The van der Waals surface area contributed by atoms with Gasteiger partial charge in [0.05, 0.1) is 19.3 Å². The van der Waals surface area contributed by atoms with E-state index in [2.05, 4.69) is 0 Å². The lowest BCUT2D eigenvalue weighted by molar-refractivity contribution is 0.0779. The van der Waals surface area contributed by atoms with Crippen molar-refractivity contribution in [3.63, 3.8) is 0 Å². The zero-order chi connectivity index (χ0) is 13.4. The van der Waals surface area contributed by atoms with Crippen LogP contribution < -0.4 is 5.73 Å². The number of hydrogen-bond donors (Lipinski definition) is 3. The molecular weight excluding hydrogens is 232 g/mol. The van der Waals surface area contributed by atoms with Gasteiger partial charge in [0.2, 0.25) is 0 Å². The Hall–Kier alpha value is -1.14. The highest BCUT2D eigenvalue weighted by molar-refractivity contribution is 5.39. The van der Waals surface area contributed by atoms with Crippen LogP contribution in [-0.2, 0) is 4.74 Å². The summed E-state index contributed by atoms with van der Waals surface area (Å²) in [5.74, 6) is 0. The molecule has 1 aromatic rings. The number of nitrogens with zero attached hydrogens (tertiary/aromatic N) is 1. The van der Waals surface area contributed by atoms with E-state index in [1.54, 1.807) is 19.2 Å². The number of hydrogen-bond acceptors (Lipinski definition) is 5. The Morgan fingerprint density at radius 2 is 1.94 bits per heavy atom. The number of rotatable bonds is 8. The van der Waals surface area contributed by atoms with Gasteiger partial charge in [0, 0.05) is 32.4 Å². The molecule has 1 unspecified atom stereocenters. The van der Waals surface area contributed by atoms with Crippen LogP contribution in [-0.4, -0.2) is 55.1 Å². The lowest BCUT2D eigenvalue weighted by atomic mass is 10.1. The predicted octanol–water partition coefficient (Wildman–Crippen LogP) is 0.243. The predicted molar refractivity (Wildman–Crippen MR) is 71.2 cm³/mol. The molecule has 1 atom stereocenters. The molecule has 0 amide bonds. The number of ether oxygens (including phenoxy) is 1. The maximum absolute atomic E-state index is 10.1. The Morgan fingerprint density at radius 1 is 1.28 bits per heavy atom. The minimum atomic E-state index is -0.589. The first-order valence-corrected chi connectivity index (χ1v) is 6.03. The summed E-state index contributed by atoms with van der Waals surface area (Å²) in [5.41, 5.74) is 7.10. The van der Waals surface area contributed by atoms with Crippen LogP contribution in [0.1, 0.15) is 11.7 Å². The third-order valence-electron chi connectivity index (χ3n) is 2.78.